The van der Waals surface area contributed by atoms with E-state index < -0.39 is 0 Å². The van der Waals surface area contributed by atoms with E-state index in [4.69, 9.17) is 11.6 Å². The molecule has 0 spiro atoms. The van der Waals surface area contributed by atoms with Crippen LogP contribution in [0, 0.1) is 6.92 Å². The topological polar surface area (TPSA) is 29.9 Å². The van der Waals surface area contributed by atoms with Crippen molar-refractivity contribution in [3.05, 3.63) is 46.7 Å². The van der Waals surface area contributed by atoms with Gasteiger partial charge in [-0.1, -0.05) is 24.6 Å². The van der Waals surface area contributed by atoms with E-state index in [0.717, 1.165) is 30.2 Å². The van der Waals surface area contributed by atoms with Gasteiger partial charge in [-0.2, -0.15) is 5.10 Å². The van der Waals surface area contributed by atoms with Crippen LogP contribution < -0.4 is 5.32 Å². The molecule has 96 valence electrons. The fraction of sp³-hybridized carbons (Fsp3) is 0.357. The summed E-state index contributed by atoms with van der Waals surface area (Å²) in [5.74, 6) is 0. The van der Waals surface area contributed by atoms with Gasteiger partial charge in [0, 0.05) is 24.8 Å². The van der Waals surface area contributed by atoms with Crippen molar-refractivity contribution in [1.29, 1.82) is 0 Å². The number of rotatable bonds is 5. The van der Waals surface area contributed by atoms with E-state index >= 15 is 0 Å². The predicted molar refractivity (Wildman–Crippen MR) is 76.0 cm³/mol. The van der Waals surface area contributed by atoms with E-state index in [1.165, 1.54) is 11.1 Å². The molecule has 1 aromatic carbocycles. The minimum atomic E-state index is 0.743. The van der Waals surface area contributed by atoms with Crippen LogP contribution in [0.1, 0.15) is 24.5 Å². The number of aryl methyl sites for hydroxylation is 2. The van der Waals surface area contributed by atoms with Crippen LogP contribution in [0.15, 0.2) is 30.6 Å². The van der Waals surface area contributed by atoms with Crippen LogP contribution in [0.4, 0.5) is 5.69 Å². The van der Waals surface area contributed by atoms with Gasteiger partial charge in [0.2, 0.25) is 0 Å². The monoisotopic (exact) mass is 263 g/mol. The second kappa shape index (κ2) is 5.91. The normalized spacial score (nSPS) is 10.6. The molecular formula is C14H18ClN3. The molecule has 3 nitrogen and oxygen atoms in total. The van der Waals surface area contributed by atoms with Gasteiger partial charge in [0.05, 0.1) is 16.9 Å². The van der Waals surface area contributed by atoms with Crippen molar-refractivity contribution in [1.82, 2.24) is 9.78 Å². The molecule has 0 bridgehead atoms. The number of nitrogens with zero attached hydrogens (tertiary/aromatic N) is 2. The number of nitrogens with one attached hydrogen (secondary N) is 1. The molecule has 18 heavy (non-hydrogen) atoms. The molecule has 0 atom stereocenters. The Hall–Kier alpha value is -1.48. The maximum absolute atomic E-state index is 6.17. The van der Waals surface area contributed by atoms with Gasteiger partial charge < -0.3 is 5.32 Å². The van der Waals surface area contributed by atoms with Crippen LogP contribution in [0.3, 0.4) is 0 Å². The van der Waals surface area contributed by atoms with Gasteiger partial charge in [-0.3, -0.25) is 4.68 Å². The Balaban J connectivity index is 1.97. The summed E-state index contributed by atoms with van der Waals surface area (Å²) in [7, 11) is 0. The zero-order valence-corrected chi connectivity index (χ0v) is 11.5. The van der Waals surface area contributed by atoms with Crippen LogP contribution in [-0.4, -0.2) is 9.78 Å². The van der Waals surface area contributed by atoms with Crippen molar-refractivity contribution < 1.29 is 0 Å². The van der Waals surface area contributed by atoms with Gasteiger partial charge in [0.1, 0.15) is 0 Å². The summed E-state index contributed by atoms with van der Waals surface area (Å²) < 4.78 is 1.97. The molecule has 0 unspecified atom stereocenters. The largest absolute Gasteiger partial charge is 0.380 e. The molecule has 2 rings (SSSR count). The van der Waals surface area contributed by atoms with Crippen molar-refractivity contribution in [2.45, 2.75) is 33.4 Å². The van der Waals surface area contributed by atoms with Gasteiger partial charge in [-0.15, -0.1) is 0 Å². The number of hydrogen-bond donors (Lipinski definition) is 1. The Labute approximate surface area is 113 Å². The quantitative estimate of drug-likeness (QED) is 0.888. The maximum atomic E-state index is 6.17. The average molecular weight is 264 g/mol. The molecule has 0 radical (unpaired) electrons. The first-order chi connectivity index (χ1) is 8.69. The summed E-state index contributed by atoms with van der Waals surface area (Å²) in [5.41, 5.74) is 3.30. The summed E-state index contributed by atoms with van der Waals surface area (Å²) in [6, 6.07) is 6.02. The number of benzene rings is 1. The van der Waals surface area contributed by atoms with Crippen LogP contribution in [-0.2, 0) is 13.1 Å². The number of aromatic nitrogens is 2. The first-order valence-electron chi connectivity index (χ1n) is 6.20. The lowest BCUT2D eigenvalue weighted by molar-refractivity contribution is 0.602. The minimum absolute atomic E-state index is 0.743. The van der Waals surface area contributed by atoms with E-state index in [1.807, 2.05) is 29.9 Å². The van der Waals surface area contributed by atoms with Crippen LogP contribution in [0.2, 0.25) is 5.02 Å². The standard InChI is InChI=1S/C14H18ClN3/c1-3-6-18-10-12(9-17-18)8-16-14-5-4-11(2)7-13(14)15/h4-5,7,9-10,16H,3,6,8H2,1-2H3. The molecular weight excluding hydrogens is 246 g/mol. The van der Waals surface area contributed by atoms with E-state index in [1.54, 1.807) is 0 Å². The minimum Gasteiger partial charge on any atom is -0.380 e. The molecule has 4 heteroatoms. The molecule has 1 N–H and O–H groups in total. The van der Waals surface area contributed by atoms with Crippen LogP contribution in [0.25, 0.3) is 0 Å². The molecule has 0 saturated carbocycles. The van der Waals surface area contributed by atoms with Gasteiger partial charge in [-0.25, -0.2) is 0 Å². The Morgan fingerprint density at radius 1 is 1.39 bits per heavy atom. The summed E-state index contributed by atoms with van der Waals surface area (Å²) in [6.07, 6.45) is 5.06. The van der Waals surface area contributed by atoms with Crippen molar-refractivity contribution in [3.63, 3.8) is 0 Å². The highest BCUT2D eigenvalue weighted by atomic mass is 35.5. The molecule has 0 aliphatic heterocycles. The van der Waals surface area contributed by atoms with Crippen LogP contribution in [0.5, 0.6) is 0 Å². The lowest BCUT2D eigenvalue weighted by Crippen LogP contribution is -1.99. The van der Waals surface area contributed by atoms with E-state index in [-0.39, 0.29) is 0 Å². The third kappa shape index (κ3) is 3.26. The smallest absolute Gasteiger partial charge is 0.0640 e. The van der Waals surface area contributed by atoms with Crippen molar-refractivity contribution in [3.8, 4) is 0 Å². The zero-order valence-electron chi connectivity index (χ0n) is 10.8. The van der Waals surface area contributed by atoms with Gasteiger partial charge in [0.15, 0.2) is 0 Å². The molecule has 1 aromatic heterocycles. The molecule has 0 fully saturated rings. The average Bonchev–Trinajstić information content (AvgIpc) is 2.76. The summed E-state index contributed by atoms with van der Waals surface area (Å²) in [4.78, 5) is 0. The molecule has 2 aromatic rings. The molecule has 0 saturated heterocycles. The maximum Gasteiger partial charge on any atom is 0.0640 e. The second-order valence-corrected chi connectivity index (χ2v) is 4.86. The molecule has 0 amide bonds. The summed E-state index contributed by atoms with van der Waals surface area (Å²) in [6.45, 7) is 5.88. The lowest BCUT2D eigenvalue weighted by Gasteiger charge is -2.07. The second-order valence-electron chi connectivity index (χ2n) is 4.45. The third-order valence-corrected chi connectivity index (χ3v) is 3.06. The van der Waals surface area contributed by atoms with E-state index in [9.17, 15) is 0 Å². The Morgan fingerprint density at radius 2 is 2.22 bits per heavy atom. The van der Waals surface area contributed by atoms with Crippen LogP contribution >= 0.6 is 11.6 Å². The number of anilines is 1. The highest BCUT2D eigenvalue weighted by molar-refractivity contribution is 6.33. The number of halogens is 1. The van der Waals surface area contributed by atoms with Gasteiger partial charge in [0.25, 0.3) is 0 Å². The van der Waals surface area contributed by atoms with Crippen molar-refractivity contribution >= 4 is 17.3 Å². The summed E-state index contributed by atoms with van der Waals surface area (Å²) >= 11 is 6.17. The Bertz CT molecular complexity index is 520. The van der Waals surface area contributed by atoms with Gasteiger partial charge >= 0.3 is 0 Å². The highest BCUT2D eigenvalue weighted by Crippen LogP contribution is 2.23. The lowest BCUT2D eigenvalue weighted by atomic mass is 10.2. The van der Waals surface area contributed by atoms with E-state index in [2.05, 4.69) is 29.6 Å². The zero-order chi connectivity index (χ0) is 13.0. The molecule has 1 heterocycles. The van der Waals surface area contributed by atoms with E-state index in [0.29, 0.717) is 0 Å². The number of hydrogen-bond acceptors (Lipinski definition) is 2. The first-order valence-corrected chi connectivity index (χ1v) is 6.58. The molecule has 0 aliphatic rings. The fourth-order valence-corrected chi connectivity index (χ4v) is 2.11. The highest BCUT2D eigenvalue weighted by Gasteiger charge is 2.02. The Morgan fingerprint density at radius 3 is 2.94 bits per heavy atom. The summed E-state index contributed by atoms with van der Waals surface area (Å²) in [5, 5.41) is 8.39. The van der Waals surface area contributed by atoms with Crippen molar-refractivity contribution in [2.75, 3.05) is 5.32 Å². The van der Waals surface area contributed by atoms with Gasteiger partial charge in [-0.05, 0) is 31.0 Å². The Kier molecular flexibility index (Phi) is 4.26. The third-order valence-electron chi connectivity index (χ3n) is 2.75. The first kappa shape index (κ1) is 13.0. The predicted octanol–water partition coefficient (Wildman–Crippen LogP) is 3.87. The molecule has 0 aliphatic carbocycles. The van der Waals surface area contributed by atoms with Crippen molar-refractivity contribution in [2.24, 2.45) is 0 Å². The fourth-order valence-electron chi connectivity index (χ4n) is 1.81. The SMILES string of the molecule is CCCn1cc(CNc2ccc(C)cc2Cl)cn1.